The monoisotopic (exact) mass is 523 g/mol. The number of likely N-dealkylation sites (N-methyl/N-ethyl adjacent to an activating group) is 1. The zero-order valence-electron chi connectivity index (χ0n) is 19.5. The van der Waals surface area contributed by atoms with Crippen molar-refractivity contribution in [1.82, 2.24) is 0 Å². The molecule has 0 heterocycles. The molecule has 0 saturated carbocycles. The van der Waals surface area contributed by atoms with E-state index < -0.39 is 12.1 Å². The molecule has 0 aliphatic rings. The van der Waals surface area contributed by atoms with Crippen LogP contribution in [0.15, 0.2) is 91.5 Å². The molecule has 1 unspecified atom stereocenters. The summed E-state index contributed by atoms with van der Waals surface area (Å²) in [4.78, 5) is 24.3. The number of esters is 1. The average molecular weight is 524 g/mol. The molecule has 34 heavy (non-hydrogen) atoms. The number of carbonyl (C=O) groups is 2. The van der Waals surface area contributed by atoms with E-state index in [1.165, 1.54) is 6.08 Å². The van der Waals surface area contributed by atoms with E-state index in [2.05, 4.69) is 20.7 Å². The van der Waals surface area contributed by atoms with Crippen molar-refractivity contribution in [1.29, 1.82) is 0 Å². The number of carbonyl (C=O) groups excluding carboxylic acids is 2. The standard InChI is InChI=1S/C28H30NO4.BrH/c1-4-26(30)33-19-18-29(2,3)20-21-14-16-22(17-15-21)24-12-8-9-13-25(24)28(32)27(31)23-10-6-5-7-11-23;/h4-17,27,31H,1,18-20H2,2-3H3;1H/q+1;/p-1. The smallest absolute Gasteiger partial charge is 0.330 e. The normalized spacial score (nSPS) is 11.7. The van der Waals surface area contributed by atoms with Crippen LogP contribution in [0.25, 0.3) is 11.1 Å². The molecule has 0 fully saturated rings. The Morgan fingerprint density at radius 2 is 1.59 bits per heavy atom. The van der Waals surface area contributed by atoms with Crippen molar-refractivity contribution in [2.75, 3.05) is 27.2 Å². The first-order valence-corrected chi connectivity index (χ1v) is 10.9. The van der Waals surface area contributed by atoms with Crippen molar-refractivity contribution >= 4 is 11.8 Å². The van der Waals surface area contributed by atoms with Gasteiger partial charge in [-0.25, -0.2) is 4.79 Å². The van der Waals surface area contributed by atoms with Crippen LogP contribution < -0.4 is 17.0 Å². The van der Waals surface area contributed by atoms with Crippen LogP contribution in [-0.2, 0) is 16.1 Å². The molecular formula is C28H30BrNO4. The minimum atomic E-state index is -1.21. The molecule has 3 aromatic rings. The van der Waals surface area contributed by atoms with Crippen molar-refractivity contribution in [3.05, 3.63) is 108 Å². The Morgan fingerprint density at radius 1 is 0.971 bits per heavy atom. The maximum atomic E-state index is 13.1. The van der Waals surface area contributed by atoms with Crippen LogP contribution in [0.2, 0.25) is 0 Å². The Morgan fingerprint density at radius 3 is 2.24 bits per heavy atom. The van der Waals surface area contributed by atoms with E-state index in [1.54, 1.807) is 30.3 Å². The molecule has 0 radical (unpaired) electrons. The SMILES string of the molecule is C=CC(=O)OCC[N+](C)(C)Cc1ccc(-c2ccccc2C(=O)C(O)c2ccccc2)cc1.[Br-]. The second kappa shape index (κ2) is 12.4. The minimum absolute atomic E-state index is 0. The molecule has 0 amide bonds. The van der Waals surface area contributed by atoms with E-state index in [-0.39, 0.29) is 22.8 Å². The summed E-state index contributed by atoms with van der Waals surface area (Å²) in [6.07, 6.45) is -0.0416. The van der Waals surface area contributed by atoms with Gasteiger partial charge in [-0.05, 0) is 16.7 Å². The Hall–Kier alpha value is -3.06. The van der Waals surface area contributed by atoms with E-state index >= 15 is 0 Å². The third kappa shape index (κ3) is 7.22. The molecule has 0 saturated heterocycles. The lowest BCUT2D eigenvalue weighted by Crippen LogP contribution is -3.00. The number of Topliss-reactive ketones (excluding diaryl/α,β-unsaturated/α-hetero) is 1. The molecule has 0 aromatic heterocycles. The van der Waals surface area contributed by atoms with Crippen molar-refractivity contribution in [2.45, 2.75) is 12.6 Å². The quantitative estimate of drug-likeness (QED) is 0.189. The van der Waals surface area contributed by atoms with Crippen LogP contribution in [0.1, 0.15) is 27.6 Å². The van der Waals surface area contributed by atoms with Gasteiger partial charge in [0.1, 0.15) is 25.8 Å². The van der Waals surface area contributed by atoms with E-state index in [4.69, 9.17) is 4.74 Å². The number of rotatable bonds is 10. The molecule has 0 bridgehead atoms. The predicted octanol–water partition coefficient (Wildman–Crippen LogP) is 1.58. The van der Waals surface area contributed by atoms with Gasteiger partial charge < -0.3 is 31.3 Å². The average Bonchev–Trinajstić information content (AvgIpc) is 2.83. The van der Waals surface area contributed by atoms with Crippen LogP contribution in [-0.4, -0.2) is 48.6 Å². The number of nitrogens with zero attached hydrogens (tertiary/aromatic N) is 1. The van der Waals surface area contributed by atoms with Gasteiger partial charge >= 0.3 is 5.97 Å². The van der Waals surface area contributed by atoms with Gasteiger partial charge in [0.15, 0.2) is 5.78 Å². The lowest BCUT2D eigenvalue weighted by molar-refractivity contribution is -0.903. The summed E-state index contributed by atoms with van der Waals surface area (Å²) in [5, 5.41) is 10.6. The van der Waals surface area contributed by atoms with Crippen LogP contribution >= 0.6 is 0 Å². The third-order valence-corrected chi connectivity index (χ3v) is 5.54. The highest BCUT2D eigenvalue weighted by Crippen LogP contribution is 2.28. The van der Waals surface area contributed by atoms with Crippen molar-refractivity contribution in [3.63, 3.8) is 0 Å². The number of ketones is 1. The molecule has 0 aliphatic carbocycles. The highest BCUT2D eigenvalue weighted by molar-refractivity contribution is 6.05. The van der Waals surface area contributed by atoms with Crippen LogP contribution in [0.4, 0.5) is 0 Å². The molecule has 1 N–H and O–H groups in total. The largest absolute Gasteiger partial charge is 1.00 e. The molecule has 1 atom stereocenters. The number of benzene rings is 3. The molecule has 0 spiro atoms. The maximum absolute atomic E-state index is 13.1. The molecular weight excluding hydrogens is 494 g/mol. The molecule has 6 heteroatoms. The first-order valence-electron chi connectivity index (χ1n) is 10.9. The highest BCUT2D eigenvalue weighted by Gasteiger charge is 2.22. The van der Waals surface area contributed by atoms with Crippen LogP contribution in [0, 0.1) is 0 Å². The number of aliphatic hydroxyl groups is 1. The fraction of sp³-hybridized carbons (Fsp3) is 0.214. The summed E-state index contributed by atoms with van der Waals surface area (Å²) in [6.45, 7) is 5.17. The van der Waals surface area contributed by atoms with Gasteiger partial charge in [-0.2, -0.15) is 0 Å². The fourth-order valence-electron chi connectivity index (χ4n) is 3.70. The van der Waals surface area contributed by atoms with E-state index in [0.29, 0.717) is 28.8 Å². The summed E-state index contributed by atoms with van der Waals surface area (Å²) in [5.41, 5.74) is 3.89. The number of halogens is 1. The predicted molar refractivity (Wildman–Crippen MR) is 129 cm³/mol. The number of ether oxygens (including phenoxy) is 1. The lowest BCUT2D eigenvalue weighted by atomic mass is 9.92. The summed E-state index contributed by atoms with van der Waals surface area (Å²) in [7, 11) is 4.16. The van der Waals surface area contributed by atoms with Crippen molar-refractivity contribution < 1.29 is 40.9 Å². The Balaban J connectivity index is 0.00000408. The summed E-state index contributed by atoms with van der Waals surface area (Å²) in [6, 6.07) is 24.4. The third-order valence-electron chi connectivity index (χ3n) is 5.54. The molecule has 0 aliphatic heterocycles. The zero-order valence-corrected chi connectivity index (χ0v) is 21.1. The van der Waals surface area contributed by atoms with E-state index in [1.807, 2.05) is 48.5 Å². The van der Waals surface area contributed by atoms with Gasteiger partial charge in [0, 0.05) is 17.2 Å². The minimum Gasteiger partial charge on any atom is -1.00 e. The maximum Gasteiger partial charge on any atom is 0.330 e. The van der Waals surface area contributed by atoms with Crippen molar-refractivity contribution in [2.24, 2.45) is 0 Å². The molecule has 178 valence electrons. The van der Waals surface area contributed by atoms with E-state index in [9.17, 15) is 14.7 Å². The lowest BCUT2D eigenvalue weighted by Gasteiger charge is -2.29. The molecule has 3 rings (SSSR count). The Kier molecular flexibility index (Phi) is 9.93. The summed E-state index contributed by atoms with van der Waals surface area (Å²) < 4.78 is 5.76. The zero-order chi connectivity index (χ0) is 23.8. The van der Waals surface area contributed by atoms with Gasteiger partial charge in [-0.15, -0.1) is 0 Å². The molecule has 3 aromatic carbocycles. The van der Waals surface area contributed by atoms with Gasteiger partial charge in [0.25, 0.3) is 0 Å². The van der Waals surface area contributed by atoms with Crippen molar-refractivity contribution in [3.8, 4) is 11.1 Å². The Bertz CT molecular complexity index is 1110. The van der Waals surface area contributed by atoms with Gasteiger partial charge in [-0.3, -0.25) is 4.79 Å². The van der Waals surface area contributed by atoms with E-state index in [0.717, 1.165) is 23.2 Å². The number of aliphatic hydroxyl groups excluding tert-OH is 1. The summed E-state index contributed by atoms with van der Waals surface area (Å²) >= 11 is 0. The topological polar surface area (TPSA) is 63.6 Å². The van der Waals surface area contributed by atoms with Gasteiger partial charge in [0.05, 0.1) is 14.1 Å². The van der Waals surface area contributed by atoms with Crippen LogP contribution in [0.3, 0.4) is 0 Å². The van der Waals surface area contributed by atoms with Crippen LogP contribution in [0.5, 0.6) is 0 Å². The number of hydrogen-bond donors (Lipinski definition) is 1. The fourth-order valence-corrected chi connectivity index (χ4v) is 3.70. The number of quaternary nitrogens is 1. The number of hydrogen-bond acceptors (Lipinski definition) is 4. The second-order valence-corrected chi connectivity index (χ2v) is 8.61. The van der Waals surface area contributed by atoms with Gasteiger partial charge in [-0.1, -0.05) is 85.4 Å². The highest BCUT2D eigenvalue weighted by atomic mass is 79.9. The second-order valence-electron chi connectivity index (χ2n) is 8.61. The Labute approximate surface area is 211 Å². The first-order chi connectivity index (χ1) is 15.8. The summed E-state index contributed by atoms with van der Waals surface area (Å²) in [5.74, 6) is -0.738. The van der Waals surface area contributed by atoms with Gasteiger partial charge in [0.2, 0.25) is 0 Å². The first kappa shape index (κ1) is 27.2. The molecule has 5 nitrogen and oxygen atoms in total.